The first-order valence-corrected chi connectivity index (χ1v) is 12.0. The van der Waals surface area contributed by atoms with E-state index >= 15 is 0 Å². The van der Waals surface area contributed by atoms with E-state index in [1.54, 1.807) is 36.4 Å². The standard InChI is InChI=1S/C26H17ClN2O5S/c27-16-7-8-17-20(13-16)35-26(28-17)29-22(14-4-2-1-3-5-14)21(24(31)25(29)32)23(30)15-6-9-18-19(12-15)34-11-10-33-18/h1-9,12-13,22,30H,10-11H2/b23-21+. The Morgan fingerprint density at radius 1 is 1.00 bits per heavy atom. The lowest BCUT2D eigenvalue weighted by Gasteiger charge is -2.23. The van der Waals surface area contributed by atoms with E-state index in [4.69, 9.17) is 21.1 Å². The zero-order valence-corrected chi connectivity index (χ0v) is 19.7. The Morgan fingerprint density at radius 2 is 1.77 bits per heavy atom. The second kappa shape index (κ2) is 8.41. The van der Waals surface area contributed by atoms with Crippen molar-refractivity contribution < 1.29 is 24.2 Å². The maximum absolute atomic E-state index is 13.3. The third-order valence-corrected chi connectivity index (χ3v) is 7.17. The summed E-state index contributed by atoms with van der Waals surface area (Å²) in [4.78, 5) is 32.6. The summed E-state index contributed by atoms with van der Waals surface area (Å²) in [5.41, 5.74) is 1.66. The molecule has 3 aromatic carbocycles. The molecular formula is C26H17ClN2O5S. The Hall–Kier alpha value is -3.88. The number of nitrogens with zero attached hydrogens (tertiary/aromatic N) is 2. The molecule has 1 N–H and O–H groups in total. The number of thiazole rings is 1. The van der Waals surface area contributed by atoms with Gasteiger partial charge in [-0.2, -0.15) is 0 Å². The van der Waals surface area contributed by atoms with Gasteiger partial charge in [-0.05, 0) is 42.0 Å². The second-order valence-electron chi connectivity index (χ2n) is 8.05. The predicted octanol–water partition coefficient (Wildman–Crippen LogP) is 5.35. The summed E-state index contributed by atoms with van der Waals surface area (Å²) in [7, 11) is 0. The molecule has 1 amide bonds. The summed E-state index contributed by atoms with van der Waals surface area (Å²) >= 11 is 7.39. The topological polar surface area (TPSA) is 89.0 Å². The molecule has 1 atom stereocenters. The highest BCUT2D eigenvalue weighted by Gasteiger charge is 2.48. The number of aliphatic hydroxyl groups is 1. The van der Waals surface area contributed by atoms with Crippen LogP contribution in [-0.2, 0) is 9.59 Å². The number of ether oxygens (including phenoxy) is 2. The van der Waals surface area contributed by atoms with Crippen LogP contribution < -0.4 is 14.4 Å². The summed E-state index contributed by atoms with van der Waals surface area (Å²) in [5, 5.41) is 12.2. The summed E-state index contributed by atoms with van der Waals surface area (Å²) in [6.45, 7) is 0.818. The number of hydrogen-bond acceptors (Lipinski definition) is 7. The first-order chi connectivity index (χ1) is 17.0. The number of carbonyl (C=O) groups excluding carboxylic acids is 2. The summed E-state index contributed by atoms with van der Waals surface area (Å²) in [6.07, 6.45) is 0. The van der Waals surface area contributed by atoms with Gasteiger partial charge in [0.1, 0.15) is 19.0 Å². The van der Waals surface area contributed by atoms with Crippen LogP contribution in [0, 0.1) is 0 Å². The van der Waals surface area contributed by atoms with E-state index in [0.29, 0.717) is 51.5 Å². The molecule has 0 radical (unpaired) electrons. The van der Waals surface area contributed by atoms with E-state index in [1.165, 1.54) is 16.2 Å². The highest BCUT2D eigenvalue weighted by molar-refractivity contribution is 7.22. The fraction of sp³-hybridized carbons (Fsp3) is 0.115. The van der Waals surface area contributed by atoms with Crippen molar-refractivity contribution in [2.75, 3.05) is 18.1 Å². The van der Waals surface area contributed by atoms with Crippen LogP contribution in [0.1, 0.15) is 17.2 Å². The molecule has 2 aliphatic rings. The van der Waals surface area contributed by atoms with Crippen molar-refractivity contribution in [3.05, 3.63) is 88.5 Å². The Balaban J connectivity index is 1.53. The Morgan fingerprint density at radius 3 is 2.57 bits per heavy atom. The Kier molecular flexibility index (Phi) is 5.20. The molecule has 6 rings (SSSR count). The Bertz CT molecular complexity index is 1530. The summed E-state index contributed by atoms with van der Waals surface area (Å²) < 4.78 is 12.0. The molecule has 4 aromatic rings. The van der Waals surface area contributed by atoms with Gasteiger partial charge in [-0.25, -0.2) is 4.98 Å². The Labute approximate surface area is 208 Å². The molecule has 174 valence electrons. The number of anilines is 1. The molecule has 3 heterocycles. The van der Waals surface area contributed by atoms with Crippen LogP contribution >= 0.6 is 22.9 Å². The highest BCUT2D eigenvalue weighted by Crippen LogP contribution is 2.45. The van der Waals surface area contributed by atoms with Crippen molar-refractivity contribution in [3.63, 3.8) is 0 Å². The maximum atomic E-state index is 13.3. The van der Waals surface area contributed by atoms with E-state index in [2.05, 4.69) is 4.98 Å². The number of benzene rings is 3. The lowest BCUT2D eigenvalue weighted by atomic mass is 9.95. The molecular weight excluding hydrogens is 488 g/mol. The van der Waals surface area contributed by atoms with Crippen LogP contribution in [0.5, 0.6) is 11.5 Å². The monoisotopic (exact) mass is 504 g/mol. The molecule has 7 nitrogen and oxygen atoms in total. The van der Waals surface area contributed by atoms with E-state index in [-0.39, 0.29) is 11.3 Å². The molecule has 1 unspecified atom stereocenters. The summed E-state index contributed by atoms with van der Waals surface area (Å²) in [6, 6.07) is 18.4. The normalized spacial score (nSPS) is 18.9. The SMILES string of the molecule is O=C1C(=O)N(c2nc3ccc(Cl)cc3s2)C(c2ccccc2)/C1=C(\O)c1ccc2c(c1)OCCO2. The average molecular weight is 505 g/mol. The van der Waals surface area contributed by atoms with Crippen LogP contribution in [0.2, 0.25) is 5.02 Å². The first-order valence-electron chi connectivity index (χ1n) is 10.8. The number of halogens is 1. The van der Waals surface area contributed by atoms with Crippen LogP contribution in [-0.4, -0.2) is 35.0 Å². The fourth-order valence-electron chi connectivity index (χ4n) is 4.32. The minimum atomic E-state index is -0.861. The minimum absolute atomic E-state index is 0.0184. The predicted molar refractivity (Wildman–Crippen MR) is 133 cm³/mol. The highest BCUT2D eigenvalue weighted by atomic mass is 35.5. The summed E-state index contributed by atoms with van der Waals surface area (Å²) in [5.74, 6) is -0.817. The van der Waals surface area contributed by atoms with Crippen molar-refractivity contribution in [3.8, 4) is 11.5 Å². The maximum Gasteiger partial charge on any atom is 0.301 e. The third-order valence-electron chi connectivity index (χ3n) is 5.92. The van der Waals surface area contributed by atoms with Crippen molar-refractivity contribution in [1.29, 1.82) is 0 Å². The fourth-order valence-corrected chi connectivity index (χ4v) is 5.58. The quantitative estimate of drug-likeness (QED) is 0.230. The van der Waals surface area contributed by atoms with Crippen molar-refractivity contribution in [1.82, 2.24) is 4.98 Å². The molecule has 1 fully saturated rings. The number of Topliss-reactive ketones (excluding diaryl/α,β-unsaturated/α-hetero) is 1. The van der Waals surface area contributed by atoms with Gasteiger partial charge in [-0.3, -0.25) is 14.5 Å². The molecule has 1 aromatic heterocycles. The van der Waals surface area contributed by atoms with Gasteiger partial charge < -0.3 is 14.6 Å². The van der Waals surface area contributed by atoms with Gasteiger partial charge in [0.15, 0.2) is 16.6 Å². The second-order valence-corrected chi connectivity index (χ2v) is 9.49. The number of rotatable bonds is 3. The van der Waals surface area contributed by atoms with Crippen molar-refractivity contribution >= 4 is 55.7 Å². The van der Waals surface area contributed by atoms with E-state index in [1.807, 2.05) is 30.3 Å². The van der Waals surface area contributed by atoms with Gasteiger partial charge in [0.05, 0.1) is 21.8 Å². The lowest BCUT2D eigenvalue weighted by Crippen LogP contribution is -2.29. The molecule has 0 aliphatic carbocycles. The number of fused-ring (bicyclic) bond motifs is 2. The average Bonchev–Trinajstić information content (AvgIpc) is 3.41. The zero-order chi connectivity index (χ0) is 24.1. The molecule has 2 aliphatic heterocycles. The molecule has 1 saturated heterocycles. The number of carbonyl (C=O) groups is 2. The third kappa shape index (κ3) is 3.62. The van der Waals surface area contributed by atoms with E-state index in [9.17, 15) is 14.7 Å². The van der Waals surface area contributed by atoms with Gasteiger partial charge in [-0.1, -0.05) is 53.3 Å². The van der Waals surface area contributed by atoms with Crippen LogP contribution in [0.4, 0.5) is 5.13 Å². The number of ketones is 1. The van der Waals surface area contributed by atoms with Gasteiger partial charge in [-0.15, -0.1) is 0 Å². The molecule has 9 heteroatoms. The number of aliphatic hydroxyl groups excluding tert-OH is 1. The van der Waals surface area contributed by atoms with E-state index in [0.717, 1.165) is 4.70 Å². The molecule has 0 bridgehead atoms. The molecule has 35 heavy (non-hydrogen) atoms. The van der Waals surface area contributed by atoms with Crippen molar-refractivity contribution in [2.24, 2.45) is 0 Å². The minimum Gasteiger partial charge on any atom is -0.507 e. The van der Waals surface area contributed by atoms with Crippen LogP contribution in [0.3, 0.4) is 0 Å². The first kappa shape index (κ1) is 21.6. The number of hydrogen-bond donors (Lipinski definition) is 1. The smallest absolute Gasteiger partial charge is 0.301 e. The van der Waals surface area contributed by atoms with Gasteiger partial charge in [0.25, 0.3) is 5.78 Å². The van der Waals surface area contributed by atoms with Gasteiger partial charge >= 0.3 is 5.91 Å². The lowest BCUT2D eigenvalue weighted by molar-refractivity contribution is -0.132. The largest absolute Gasteiger partial charge is 0.507 e. The van der Waals surface area contributed by atoms with Crippen LogP contribution in [0.15, 0.2) is 72.3 Å². The van der Waals surface area contributed by atoms with Gasteiger partial charge in [0, 0.05) is 10.6 Å². The van der Waals surface area contributed by atoms with Gasteiger partial charge in [0.2, 0.25) is 0 Å². The number of amides is 1. The van der Waals surface area contributed by atoms with E-state index < -0.39 is 17.7 Å². The molecule has 0 saturated carbocycles. The number of aromatic nitrogens is 1. The zero-order valence-electron chi connectivity index (χ0n) is 18.1. The molecule has 0 spiro atoms. The van der Waals surface area contributed by atoms with Crippen LogP contribution in [0.25, 0.3) is 16.0 Å². The van der Waals surface area contributed by atoms with Crippen molar-refractivity contribution in [2.45, 2.75) is 6.04 Å².